The number of amides is 2. The molecule has 2 aromatic carbocycles. The van der Waals surface area contributed by atoms with Crippen LogP contribution in [0.4, 0.5) is 5.69 Å². The number of anilines is 1. The highest BCUT2D eigenvalue weighted by Gasteiger charge is 2.31. The van der Waals surface area contributed by atoms with E-state index >= 15 is 0 Å². The number of nitrogens with one attached hydrogen (secondary N) is 1. The Hall–Kier alpha value is -2.69. The average molecular weight is 627 g/mol. The minimum absolute atomic E-state index is 0.0467. The second-order valence-corrected chi connectivity index (χ2v) is 13.2. The van der Waals surface area contributed by atoms with E-state index < -0.39 is 16.1 Å². The van der Waals surface area contributed by atoms with E-state index in [4.69, 9.17) is 32.7 Å². The standard InChI is InChI=1S/C29H37Cl2N3O6S/c1-3-25(29(36)32-21-8-5-4-6-9-21)33(18-20-11-13-23(30)24(31)16-20)28(35)10-7-15-34(41(2,37)38)22-12-14-26-27(17-22)40-19-39-26/h11-14,16-17,21,25H,3-10,15,18-19H2,1-2H3,(H,32,36)/t25-/m1/s1. The predicted octanol–water partition coefficient (Wildman–Crippen LogP) is 5.52. The van der Waals surface area contributed by atoms with E-state index in [0.717, 1.165) is 37.5 Å². The molecule has 0 spiro atoms. The summed E-state index contributed by atoms with van der Waals surface area (Å²) in [6.45, 7) is 2.21. The molecule has 0 aromatic heterocycles. The first kappa shape index (κ1) is 31.3. The lowest BCUT2D eigenvalue weighted by Crippen LogP contribution is -2.51. The Balaban J connectivity index is 1.49. The van der Waals surface area contributed by atoms with Gasteiger partial charge in [-0.3, -0.25) is 13.9 Å². The van der Waals surface area contributed by atoms with Crippen molar-refractivity contribution < 1.29 is 27.5 Å². The molecular weight excluding hydrogens is 589 g/mol. The average Bonchev–Trinajstić information content (AvgIpc) is 3.40. The van der Waals surface area contributed by atoms with E-state index in [2.05, 4.69) is 5.32 Å². The normalized spacial score (nSPS) is 15.8. The van der Waals surface area contributed by atoms with Crippen molar-refractivity contribution in [1.82, 2.24) is 10.2 Å². The van der Waals surface area contributed by atoms with Crippen LogP contribution in [0.15, 0.2) is 36.4 Å². The third-order valence-corrected chi connectivity index (χ3v) is 9.40. The van der Waals surface area contributed by atoms with Gasteiger partial charge in [-0.1, -0.05) is 55.5 Å². The zero-order valence-corrected chi connectivity index (χ0v) is 25.7. The van der Waals surface area contributed by atoms with Crippen molar-refractivity contribution in [2.45, 2.75) is 76.9 Å². The van der Waals surface area contributed by atoms with E-state index in [9.17, 15) is 18.0 Å². The van der Waals surface area contributed by atoms with Gasteiger partial charge in [-0.15, -0.1) is 0 Å². The highest BCUT2D eigenvalue weighted by atomic mass is 35.5. The number of nitrogens with zero attached hydrogens (tertiary/aromatic N) is 2. The summed E-state index contributed by atoms with van der Waals surface area (Å²) in [6, 6.07) is 9.50. The van der Waals surface area contributed by atoms with Gasteiger partial charge < -0.3 is 19.7 Å². The zero-order chi connectivity index (χ0) is 29.6. The third-order valence-electron chi connectivity index (χ3n) is 7.47. The molecule has 0 bridgehead atoms. The third kappa shape index (κ3) is 8.20. The number of hydrogen-bond donors (Lipinski definition) is 1. The number of ether oxygens (including phenoxy) is 2. The van der Waals surface area contributed by atoms with E-state index in [-0.39, 0.29) is 50.6 Å². The van der Waals surface area contributed by atoms with Crippen LogP contribution in [0, 0.1) is 0 Å². The van der Waals surface area contributed by atoms with Crippen molar-refractivity contribution in [1.29, 1.82) is 0 Å². The van der Waals surface area contributed by atoms with E-state index in [0.29, 0.717) is 33.7 Å². The van der Waals surface area contributed by atoms with Gasteiger partial charge in [0.05, 0.1) is 22.0 Å². The molecule has 224 valence electrons. The maximum absolute atomic E-state index is 13.7. The lowest BCUT2D eigenvalue weighted by Gasteiger charge is -2.33. The van der Waals surface area contributed by atoms with Crippen molar-refractivity contribution in [2.75, 3.05) is 23.9 Å². The quantitative estimate of drug-likeness (QED) is 0.333. The number of hydrogen-bond acceptors (Lipinski definition) is 6. The first-order valence-corrected chi connectivity index (χ1v) is 16.6. The van der Waals surface area contributed by atoms with Crippen LogP contribution in [-0.4, -0.2) is 56.8 Å². The van der Waals surface area contributed by atoms with Crippen LogP contribution in [0.3, 0.4) is 0 Å². The fourth-order valence-electron chi connectivity index (χ4n) is 5.34. The second-order valence-electron chi connectivity index (χ2n) is 10.5. The number of rotatable bonds is 12. The molecule has 1 aliphatic carbocycles. The van der Waals surface area contributed by atoms with Crippen LogP contribution in [0.25, 0.3) is 0 Å². The van der Waals surface area contributed by atoms with Crippen LogP contribution in [0.5, 0.6) is 11.5 Å². The molecule has 0 radical (unpaired) electrons. The van der Waals surface area contributed by atoms with Crippen molar-refractivity contribution in [3.63, 3.8) is 0 Å². The Morgan fingerprint density at radius 1 is 1.02 bits per heavy atom. The van der Waals surface area contributed by atoms with E-state index in [1.54, 1.807) is 41.3 Å². The van der Waals surface area contributed by atoms with Crippen molar-refractivity contribution in [3.05, 3.63) is 52.0 Å². The molecule has 1 saturated carbocycles. The van der Waals surface area contributed by atoms with Crippen molar-refractivity contribution in [3.8, 4) is 11.5 Å². The summed E-state index contributed by atoms with van der Waals surface area (Å²) in [5.74, 6) is 0.592. The molecule has 9 nitrogen and oxygen atoms in total. The zero-order valence-electron chi connectivity index (χ0n) is 23.4. The Morgan fingerprint density at radius 2 is 1.76 bits per heavy atom. The SMILES string of the molecule is CC[C@H](C(=O)NC1CCCCC1)N(Cc1ccc(Cl)c(Cl)c1)C(=O)CCCN(c1ccc2c(c1)OCO2)S(C)(=O)=O. The maximum atomic E-state index is 13.7. The fraction of sp³-hybridized carbons (Fsp3) is 0.517. The summed E-state index contributed by atoms with van der Waals surface area (Å²) < 4.78 is 37.3. The minimum Gasteiger partial charge on any atom is -0.454 e. The van der Waals surface area contributed by atoms with Crippen molar-refractivity contribution >= 4 is 50.7 Å². The number of halogens is 2. The summed E-state index contributed by atoms with van der Waals surface area (Å²) in [5, 5.41) is 3.93. The smallest absolute Gasteiger partial charge is 0.243 e. The van der Waals surface area contributed by atoms with Gasteiger partial charge >= 0.3 is 0 Å². The number of carbonyl (C=O) groups excluding carboxylic acids is 2. The number of carbonyl (C=O) groups is 2. The molecule has 1 N–H and O–H groups in total. The molecule has 4 rings (SSSR count). The van der Waals surface area contributed by atoms with Crippen LogP contribution in [0.1, 0.15) is 63.9 Å². The van der Waals surface area contributed by atoms with Crippen LogP contribution in [0.2, 0.25) is 10.0 Å². The monoisotopic (exact) mass is 625 g/mol. The summed E-state index contributed by atoms with van der Waals surface area (Å²) in [4.78, 5) is 28.7. The Morgan fingerprint density at radius 3 is 2.44 bits per heavy atom. The molecule has 1 aliphatic heterocycles. The van der Waals surface area contributed by atoms with Gasteiger partial charge in [0, 0.05) is 31.6 Å². The van der Waals surface area contributed by atoms with Crippen molar-refractivity contribution in [2.24, 2.45) is 0 Å². The molecule has 1 fully saturated rings. The largest absolute Gasteiger partial charge is 0.454 e. The highest BCUT2D eigenvalue weighted by Crippen LogP contribution is 2.36. The molecule has 2 aromatic rings. The van der Waals surface area contributed by atoms with Crippen LogP contribution < -0.4 is 19.1 Å². The lowest BCUT2D eigenvalue weighted by atomic mass is 9.95. The number of sulfonamides is 1. The summed E-state index contributed by atoms with van der Waals surface area (Å²) in [6.07, 6.45) is 7.04. The van der Waals surface area contributed by atoms with Gasteiger partial charge in [0.2, 0.25) is 28.6 Å². The molecule has 12 heteroatoms. The van der Waals surface area contributed by atoms with E-state index in [1.165, 1.54) is 10.7 Å². The topological polar surface area (TPSA) is 105 Å². The molecule has 41 heavy (non-hydrogen) atoms. The minimum atomic E-state index is -3.64. The highest BCUT2D eigenvalue weighted by molar-refractivity contribution is 7.92. The van der Waals surface area contributed by atoms with Gasteiger partial charge in [0.15, 0.2) is 11.5 Å². The summed E-state index contributed by atoms with van der Waals surface area (Å²) >= 11 is 12.3. The Bertz CT molecular complexity index is 1350. The van der Waals surface area contributed by atoms with E-state index in [1.807, 2.05) is 6.92 Å². The van der Waals surface area contributed by atoms with Gasteiger partial charge in [-0.25, -0.2) is 8.42 Å². The molecule has 2 aliphatic rings. The molecule has 0 saturated heterocycles. The Kier molecular flexibility index (Phi) is 10.7. The molecule has 0 unspecified atom stereocenters. The fourth-order valence-corrected chi connectivity index (χ4v) is 6.62. The summed E-state index contributed by atoms with van der Waals surface area (Å²) in [5.41, 5.74) is 1.17. The van der Waals surface area contributed by atoms with Gasteiger partial charge in [-0.05, 0) is 55.5 Å². The van der Waals surface area contributed by atoms with Crippen LogP contribution >= 0.6 is 23.2 Å². The predicted molar refractivity (Wildman–Crippen MR) is 160 cm³/mol. The lowest BCUT2D eigenvalue weighted by molar-refractivity contribution is -0.141. The second kappa shape index (κ2) is 14.0. The van der Waals surface area contributed by atoms with Gasteiger partial charge in [0.25, 0.3) is 0 Å². The molecule has 1 atom stereocenters. The number of benzene rings is 2. The first-order chi connectivity index (χ1) is 19.6. The van der Waals surface area contributed by atoms with Gasteiger partial charge in [0.1, 0.15) is 6.04 Å². The Labute approximate surface area is 252 Å². The number of fused-ring (bicyclic) bond motifs is 1. The molecule has 2 amide bonds. The maximum Gasteiger partial charge on any atom is 0.243 e. The first-order valence-electron chi connectivity index (χ1n) is 14.0. The molecular formula is C29H37Cl2N3O6S. The molecule has 1 heterocycles. The van der Waals surface area contributed by atoms with Crippen LogP contribution in [-0.2, 0) is 26.2 Å². The summed E-state index contributed by atoms with van der Waals surface area (Å²) in [7, 11) is -3.64. The van der Waals surface area contributed by atoms with Gasteiger partial charge in [-0.2, -0.15) is 0 Å².